The quantitative estimate of drug-likeness (QED) is 0.764. The highest BCUT2D eigenvalue weighted by Gasteiger charge is 2.16. The van der Waals surface area contributed by atoms with Gasteiger partial charge in [0.15, 0.2) is 5.65 Å². The predicted molar refractivity (Wildman–Crippen MR) is 57.2 cm³/mol. The van der Waals surface area contributed by atoms with Gasteiger partial charge in [0.05, 0.1) is 0 Å². The molecule has 0 aliphatic carbocycles. The van der Waals surface area contributed by atoms with Crippen LogP contribution in [0.15, 0.2) is 18.3 Å². The first-order valence-corrected chi connectivity index (χ1v) is 4.97. The van der Waals surface area contributed by atoms with E-state index in [1.165, 1.54) is 0 Å². The third-order valence-electron chi connectivity index (χ3n) is 2.37. The Hall–Kier alpha value is -1.46. The van der Waals surface area contributed by atoms with Crippen molar-refractivity contribution >= 4 is 11.2 Å². The number of nitrogens with zero attached hydrogens (tertiary/aromatic N) is 3. The first kappa shape index (κ1) is 10.1. The van der Waals surface area contributed by atoms with Gasteiger partial charge in [-0.05, 0) is 19.1 Å². The summed E-state index contributed by atoms with van der Waals surface area (Å²) in [4.78, 5) is 8.56. The minimum absolute atomic E-state index is 0.170. The van der Waals surface area contributed by atoms with Gasteiger partial charge in [0, 0.05) is 19.3 Å². The van der Waals surface area contributed by atoms with Crippen molar-refractivity contribution in [2.45, 2.75) is 19.6 Å². The van der Waals surface area contributed by atoms with Crippen molar-refractivity contribution < 1.29 is 5.11 Å². The number of aromatic nitrogens is 3. The van der Waals surface area contributed by atoms with Crippen LogP contribution in [0.2, 0.25) is 0 Å². The van der Waals surface area contributed by atoms with Gasteiger partial charge in [0.1, 0.15) is 17.4 Å². The highest BCUT2D eigenvalue weighted by molar-refractivity contribution is 5.71. The number of nitrogens with two attached hydrogens (primary N) is 1. The van der Waals surface area contributed by atoms with E-state index in [4.69, 9.17) is 5.73 Å². The van der Waals surface area contributed by atoms with Crippen molar-refractivity contribution in [3.63, 3.8) is 0 Å². The molecule has 2 rings (SSSR count). The molecule has 2 aromatic heterocycles. The summed E-state index contributed by atoms with van der Waals surface area (Å²) in [6.45, 7) is 2.88. The maximum Gasteiger partial charge on any atom is 0.160 e. The van der Waals surface area contributed by atoms with E-state index in [1.807, 2.05) is 23.6 Å². The number of aliphatic hydroxyl groups is 1. The second kappa shape index (κ2) is 3.96. The number of aryl methyl sites for hydroxylation is 1. The summed E-state index contributed by atoms with van der Waals surface area (Å²) in [6.07, 6.45) is 0.994. The molecule has 0 fully saturated rings. The molecule has 0 aliphatic heterocycles. The number of pyridine rings is 1. The summed E-state index contributed by atoms with van der Waals surface area (Å²) < 4.78 is 1.88. The minimum atomic E-state index is -0.723. The number of imidazole rings is 1. The van der Waals surface area contributed by atoms with Crippen LogP contribution in [0.25, 0.3) is 11.2 Å². The van der Waals surface area contributed by atoms with Crippen LogP contribution in [0.1, 0.15) is 18.9 Å². The Kier molecular flexibility index (Phi) is 2.66. The molecule has 3 N–H and O–H groups in total. The van der Waals surface area contributed by atoms with E-state index in [0.717, 1.165) is 17.7 Å². The van der Waals surface area contributed by atoms with Gasteiger partial charge < -0.3 is 15.4 Å². The molecular formula is C10H14N4O. The van der Waals surface area contributed by atoms with Crippen LogP contribution in [0.5, 0.6) is 0 Å². The summed E-state index contributed by atoms with van der Waals surface area (Å²) in [6, 6.07) is 3.70. The molecule has 1 atom stereocenters. The van der Waals surface area contributed by atoms with Crippen molar-refractivity contribution in [3.8, 4) is 0 Å². The average molecular weight is 206 g/mol. The highest BCUT2D eigenvalue weighted by Crippen LogP contribution is 2.18. The van der Waals surface area contributed by atoms with Crippen molar-refractivity contribution in [1.82, 2.24) is 14.5 Å². The van der Waals surface area contributed by atoms with Crippen molar-refractivity contribution in [3.05, 3.63) is 24.2 Å². The van der Waals surface area contributed by atoms with Gasteiger partial charge in [0.2, 0.25) is 0 Å². The molecule has 0 bridgehead atoms. The SMILES string of the molecule is CCn1c(C(O)CN)nc2cccnc21. The van der Waals surface area contributed by atoms with E-state index in [1.54, 1.807) is 6.20 Å². The Labute approximate surface area is 87.6 Å². The standard InChI is InChI=1S/C10H14N4O/c1-2-14-9-7(4-3-5-12-9)13-10(14)8(15)6-11/h3-5,8,15H,2,6,11H2,1H3. The highest BCUT2D eigenvalue weighted by atomic mass is 16.3. The number of aliphatic hydroxyl groups excluding tert-OH is 1. The van der Waals surface area contributed by atoms with E-state index in [-0.39, 0.29) is 6.54 Å². The average Bonchev–Trinajstić information content (AvgIpc) is 2.66. The smallest absolute Gasteiger partial charge is 0.160 e. The van der Waals surface area contributed by atoms with E-state index in [2.05, 4.69) is 9.97 Å². The minimum Gasteiger partial charge on any atom is -0.384 e. The lowest BCUT2D eigenvalue weighted by molar-refractivity contribution is 0.172. The van der Waals surface area contributed by atoms with Crippen molar-refractivity contribution in [2.24, 2.45) is 5.73 Å². The zero-order valence-corrected chi connectivity index (χ0v) is 8.59. The zero-order chi connectivity index (χ0) is 10.8. The first-order valence-electron chi connectivity index (χ1n) is 4.97. The summed E-state index contributed by atoms with van der Waals surface area (Å²) >= 11 is 0. The molecule has 0 aliphatic rings. The van der Waals surface area contributed by atoms with Crippen molar-refractivity contribution in [2.75, 3.05) is 6.54 Å². The molecule has 0 spiro atoms. The molecule has 0 saturated carbocycles. The van der Waals surface area contributed by atoms with Crippen LogP contribution in [-0.2, 0) is 6.54 Å². The third-order valence-corrected chi connectivity index (χ3v) is 2.37. The molecule has 0 saturated heterocycles. The van der Waals surface area contributed by atoms with E-state index in [0.29, 0.717) is 5.82 Å². The normalized spacial score (nSPS) is 13.3. The molecule has 0 amide bonds. The van der Waals surface area contributed by atoms with Crippen LogP contribution >= 0.6 is 0 Å². The molecular weight excluding hydrogens is 192 g/mol. The Morgan fingerprint density at radius 3 is 3.07 bits per heavy atom. The molecule has 5 nitrogen and oxygen atoms in total. The maximum atomic E-state index is 9.71. The Bertz CT molecular complexity index is 465. The number of fused-ring (bicyclic) bond motifs is 1. The fourth-order valence-electron chi connectivity index (χ4n) is 1.65. The predicted octanol–water partition coefficient (Wildman–Crippen LogP) is 0.443. The molecule has 5 heteroatoms. The molecule has 2 aromatic rings. The molecule has 15 heavy (non-hydrogen) atoms. The van der Waals surface area contributed by atoms with Crippen molar-refractivity contribution in [1.29, 1.82) is 0 Å². The van der Waals surface area contributed by atoms with Gasteiger partial charge in [0.25, 0.3) is 0 Å². The lowest BCUT2D eigenvalue weighted by Crippen LogP contribution is -2.16. The van der Waals surface area contributed by atoms with E-state index in [9.17, 15) is 5.11 Å². The molecule has 0 aromatic carbocycles. The van der Waals surface area contributed by atoms with Gasteiger partial charge in [-0.2, -0.15) is 0 Å². The summed E-state index contributed by atoms with van der Waals surface area (Å²) in [5, 5.41) is 9.71. The Morgan fingerprint density at radius 1 is 1.60 bits per heavy atom. The second-order valence-corrected chi connectivity index (χ2v) is 3.31. The maximum absolute atomic E-state index is 9.71. The van der Waals surface area contributed by atoms with Crippen LogP contribution in [0, 0.1) is 0 Å². The van der Waals surface area contributed by atoms with Gasteiger partial charge >= 0.3 is 0 Å². The number of hydrogen-bond acceptors (Lipinski definition) is 4. The van der Waals surface area contributed by atoms with Crippen LogP contribution < -0.4 is 5.73 Å². The van der Waals surface area contributed by atoms with E-state index < -0.39 is 6.10 Å². The van der Waals surface area contributed by atoms with Gasteiger partial charge in [-0.3, -0.25) is 0 Å². The monoisotopic (exact) mass is 206 g/mol. The van der Waals surface area contributed by atoms with Gasteiger partial charge in [-0.25, -0.2) is 9.97 Å². The first-order chi connectivity index (χ1) is 7.27. The molecule has 2 heterocycles. The lowest BCUT2D eigenvalue weighted by Gasteiger charge is -2.09. The van der Waals surface area contributed by atoms with E-state index >= 15 is 0 Å². The topological polar surface area (TPSA) is 77.0 Å². The van der Waals surface area contributed by atoms with Gasteiger partial charge in [-0.15, -0.1) is 0 Å². The third kappa shape index (κ3) is 1.60. The zero-order valence-electron chi connectivity index (χ0n) is 8.59. The summed E-state index contributed by atoms with van der Waals surface area (Å²) in [5.74, 6) is 0.591. The molecule has 80 valence electrons. The Morgan fingerprint density at radius 2 is 2.40 bits per heavy atom. The molecule has 1 unspecified atom stereocenters. The van der Waals surface area contributed by atoms with Crippen LogP contribution in [-0.4, -0.2) is 26.2 Å². The second-order valence-electron chi connectivity index (χ2n) is 3.31. The fraction of sp³-hybridized carbons (Fsp3) is 0.400. The number of rotatable bonds is 3. The Balaban J connectivity index is 2.63. The largest absolute Gasteiger partial charge is 0.384 e. The van der Waals surface area contributed by atoms with Gasteiger partial charge in [-0.1, -0.05) is 0 Å². The van der Waals surface area contributed by atoms with Crippen LogP contribution in [0.3, 0.4) is 0 Å². The van der Waals surface area contributed by atoms with Crippen LogP contribution in [0.4, 0.5) is 0 Å². The fourth-order valence-corrected chi connectivity index (χ4v) is 1.65. The summed E-state index contributed by atoms with van der Waals surface area (Å²) in [5.41, 5.74) is 7.01. The summed E-state index contributed by atoms with van der Waals surface area (Å²) in [7, 11) is 0. The lowest BCUT2D eigenvalue weighted by atomic mass is 10.3. The molecule has 0 radical (unpaired) electrons. The number of hydrogen-bond donors (Lipinski definition) is 2.